The van der Waals surface area contributed by atoms with Crippen LogP contribution in [0.2, 0.25) is 5.02 Å². The van der Waals surface area contributed by atoms with Crippen LogP contribution in [0.5, 0.6) is 0 Å². The SMILES string of the molecule is Cn1nc(C(=O)N2CC(O)([C@H]3CCCN3)C2)c(Cc2ccc(Br)cc2Cl)c(F)c1=O. The van der Waals surface area contributed by atoms with Gasteiger partial charge in [-0.05, 0) is 37.1 Å². The maximum Gasteiger partial charge on any atom is 0.302 e. The molecule has 1 aromatic heterocycles. The summed E-state index contributed by atoms with van der Waals surface area (Å²) in [4.78, 5) is 26.7. The van der Waals surface area contributed by atoms with Crippen molar-refractivity contribution in [3.63, 3.8) is 0 Å². The Balaban J connectivity index is 1.64. The molecule has 7 nitrogen and oxygen atoms in total. The zero-order chi connectivity index (χ0) is 21.6. The van der Waals surface area contributed by atoms with Crippen LogP contribution in [-0.2, 0) is 13.5 Å². The fourth-order valence-corrected chi connectivity index (χ4v) is 4.83. The highest BCUT2D eigenvalue weighted by Gasteiger charge is 2.50. The van der Waals surface area contributed by atoms with Crippen LogP contribution in [0.3, 0.4) is 0 Å². The van der Waals surface area contributed by atoms with Crippen molar-refractivity contribution in [2.75, 3.05) is 19.6 Å². The number of aryl methyl sites for hydroxylation is 1. The number of aliphatic hydroxyl groups is 1. The van der Waals surface area contributed by atoms with E-state index in [9.17, 15) is 19.1 Å². The van der Waals surface area contributed by atoms with Gasteiger partial charge in [-0.2, -0.15) is 5.10 Å². The van der Waals surface area contributed by atoms with Crippen LogP contribution < -0.4 is 10.9 Å². The van der Waals surface area contributed by atoms with E-state index in [-0.39, 0.29) is 36.8 Å². The Labute approximate surface area is 186 Å². The summed E-state index contributed by atoms with van der Waals surface area (Å²) < 4.78 is 16.5. The highest BCUT2D eigenvalue weighted by Crippen LogP contribution is 2.31. The molecule has 160 valence electrons. The highest BCUT2D eigenvalue weighted by atomic mass is 79.9. The van der Waals surface area contributed by atoms with Gasteiger partial charge in [-0.3, -0.25) is 9.59 Å². The molecule has 2 fully saturated rings. The molecule has 10 heteroatoms. The number of carbonyl (C=O) groups is 1. The summed E-state index contributed by atoms with van der Waals surface area (Å²) in [5, 5.41) is 18.5. The predicted octanol–water partition coefficient (Wildman–Crippen LogP) is 1.87. The summed E-state index contributed by atoms with van der Waals surface area (Å²) in [6, 6.07) is 5.05. The first-order valence-electron chi connectivity index (χ1n) is 9.64. The number of β-amino-alcohol motifs (C(OH)–C–C–N with tert-alkyl or cyclic N) is 1. The van der Waals surface area contributed by atoms with E-state index in [1.807, 2.05) is 0 Å². The Morgan fingerprint density at radius 3 is 2.83 bits per heavy atom. The first kappa shape index (κ1) is 21.4. The van der Waals surface area contributed by atoms with Crippen molar-refractivity contribution in [2.24, 2.45) is 7.05 Å². The van der Waals surface area contributed by atoms with Crippen molar-refractivity contribution >= 4 is 33.4 Å². The number of hydrogen-bond acceptors (Lipinski definition) is 5. The van der Waals surface area contributed by atoms with Gasteiger partial charge < -0.3 is 15.3 Å². The van der Waals surface area contributed by atoms with E-state index in [4.69, 9.17) is 11.6 Å². The fraction of sp³-hybridized carbons (Fsp3) is 0.450. The van der Waals surface area contributed by atoms with Crippen LogP contribution in [-0.4, -0.2) is 57.0 Å². The molecule has 0 unspecified atom stereocenters. The lowest BCUT2D eigenvalue weighted by Gasteiger charge is -2.49. The molecule has 3 heterocycles. The topological polar surface area (TPSA) is 87.5 Å². The number of nitrogens with one attached hydrogen (secondary N) is 1. The average Bonchev–Trinajstić information content (AvgIpc) is 3.22. The Bertz CT molecular complexity index is 1060. The molecule has 2 aliphatic rings. The minimum Gasteiger partial charge on any atom is -0.385 e. The van der Waals surface area contributed by atoms with Crippen LogP contribution in [0.4, 0.5) is 4.39 Å². The number of halogens is 3. The third-order valence-corrected chi connectivity index (χ3v) is 6.64. The number of carbonyl (C=O) groups excluding carboxylic acids is 1. The summed E-state index contributed by atoms with van der Waals surface area (Å²) in [5.74, 6) is -1.54. The Morgan fingerprint density at radius 1 is 1.47 bits per heavy atom. The van der Waals surface area contributed by atoms with Crippen molar-refractivity contribution in [3.05, 3.63) is 60.7 Å². The van der Waals surface area contributed by atoms with Crippen LogP contribution in [0.15, 0.2) is 27.5 Å². The number of likely N-dealkylation sites (tertiary alicyclic amines) is 1. The molecule has 2 aromatic rings. The van der Waals surface area contributed by atoms with Crippen molar-refractivity contribution in [2.45, 2.75) is 30.9 Å². The van der Waals surface area contributed by atoms with E-state index in [0.717, 1.165) is 28.5 Å². The van der Waals surface area contributed by atoms with Crippen LogP contribution in [0.25, 0.3) is 0 Å². The Kier molecular flexibility index (Phi) is 5.73. The first-order valence-corrected chi connectivity index (χ1v) is 10.8. The Morgan fingerprint density at radius 2 is 2.20 bits per heavy atom. The number of hydrogen-bond donors (Lipinski definition) is 2. The number of benzene rings is 1. The summed E-state index contributed by atoms with van der Waals surface area (Å²) in [7, 11) is 1.30. The summed E-state index contributed by atoms with van der Waals surface area (Å²) in [6.45, 7) is 1.11. The summed E-state index contributed by atoms with van der Waals surface area (Å²) >= 11 is 9.57. The van der Waals surface area contributed by atoms with Crippen LogP contribution >= 0.6 is 27.5 Å². The van der Waals surface area contributed by atoms with Crippen molar-refractivity contribution in [1.29, 1.82) is 0 Å². The average molecular weight is 500 g/mol. The summed E-state index contributed by atoms with van der Waals surface area (Å²) in [6.07, 6.45) is 1.77. The Hall–Kier alpha value is -1.81. The van der Waals surface area contributed by atoms with Crippen molar-refractivity contribution < 1.29 is 14.3 Å². The van der Waals surface area contributed by atoms with E-state index in [2.05, 4.69) is 26.3 Å². The zero-order valence-electron chi connectivity index (χ0n) is 16.3. The van der Waals surface area contributed by atoms with Crippen molar-refractivity contribution in [1.82, 2.24) is 20.0 Å². The number of nitrogens with zero attached hydrogens (tertiary/aromatic N) is 3. The lowest BCUT2D eigenvalue weighted by Crippen LogP contribution is -2.70. The molecule has 0 spiro atoms. The number of aromatic nitrogens is 2. The van der Waals surface area contributed by atoms with E-state index in [0.29, 0.717) is 10.6 Å². The van der Waals surface area contributed by atoms with Gasteiger partial charge in [0.25, 0.3) is 5.91 Å². The van der Waals surface area contributed by atoms with E-state index in [1.165, 1.54) is 11.9 Å². The summed E-state index contributed by atoms with van der Waals surface area (Å²) in [5.41, 5.74) is -1.58. The molecular weight excluding hydrogens is 479 g/mol. The largest absolute Gasteiger partial charge is 0.385 e. The van der Waals surface area contributed by atoms with Gasteiger partial charge >= 0.3 is 5.56 Å². The minimum absolute atomic E-state index is 0.0512. The van der Waals surface area contributed by atoms with Gasteiger partial charge in [-0.1, -0.05) is 33.6 Å². The molecule has 2 aliphatic heterocycles. The second-order valence-electron chi connectivity index (χ2n) is 7.90. The lowest BCUT2D eigenvalue weighted by molar-refractivity contribution is -0.101. The second kappa shape index (κ2) is 8.03. The lowest BCUT2D eigenvalue weighted by atomic mass is 9.84. The van der Waals surface area contributed by atoms with Gasteiger partial charge in [-0.25, -0.2) is 9.07 Å². The molecular formula is C20H21BrClFN4O3. The smallest absolute Gasteiger partial charge is 0.302 e. The van der Waals surface area contributed by atoms with Gasteiger partial charge in [0.2, 0.25) is 0 Å². The molecule has 1 aromatic carbocycles. The normalized spacial score (nSPS) is 20.3. The monoisotopic (exact) mass is 498 g/mol. The molecule has 4 rings (SSSR count). The maximum absolute atomic E-state index is 14.9. The van der Waals surface area contributed by atoms with E-state index in [1.54, 1.807) is 18.2 Å². The van der Waals surface area contributed by atoms with Crippen LogP contribution in [0.1, 0.15) is 34.5 Å². The molecule has 30 heavy (non-hydrogen) atoms. The maximum atomic E-state index is 14.9. The quantitative estimate of drug-likeness (QED) is 0.671. The standard InChI is InChI=1S/C20H21BrClFN4O3/c1-26-18(28)16(23)13(7-11-4-5-12(21)8-14(11)22)17(25-26)19(29)27-9-20(30,10-27)15-3-2-6-24-15/h4-5,8,15,24,30H,2-3,6-7,9-10H2,1H3/t15-/m1/s1. The molecule has 0 saturated carbocycles. The highest BCUT2D eigenvalue weighted by molar-refractivity contribution is 9.10. The zero-order valence-corrected chi connectivity index (χ0v) is 18.6. The van der Waals surface area contributed by atoms with Gasteiger partial charge in [-0.15, -0.1) is 0 Å². The first-order chi connectivity index (χ1) is 14.2. The molecule has 2 N–H and O–H groups in total. The van der Waals surface area contributed by atoms with Gasteiger partial charge in [0.15, 0.2) is 11.5 Å². The van der Waals surface area contributed by atoms with E-state index >= 15 is 0 Å². The third kappa shape index (κ3) is 3.79. The third-order valence-electron chi connectivity index (χ3n) is 5.79. The van der Waals surface area contributed by atoms with Gasteiger partial charge in [0.1, 0.15) is 5.60 Å². The molecule has 2 saturated heterocycles. The number of amides is 1. The van der Waals surface area contributed by atoms with Gasteiger partial charge in [0.05, 0.1) is 13.1 Å². The number of rotatable bonds is 4. The molecule has 0 radical (unpaired) electrons. The van der Waals surface area contributed by atoms with Gasteiger partial charge in [0, 0.05) is 34.6 Å². The van der Waals surface area contributed by atoms with E-state index < -0.39 is 22.9 Å². The van der Waals surface area contributed by atoms with Crippen LogP contribution in [0, 0.1) is 5.82 Å². The van der Waals surface area contributed by atoms with Crippen molar-refractivity contribution in [3.8, 4) is 0 Å². The molecule has 1 atom stereocenters. The molecule has 1 amide bonds. The molecule has 0 bridgehead atoms. The minimum atomic E-state index is -1.02. The molecule has 0 aliphatic carbocycles. The fourth-order valence-electron chi connectivity index (χ4n) is 4.09. The predicted molar refractivity (Wildman–Crippen MR) is 113 cm³/mol. The second-order valence-corrected chi connectivity index (χ2v) is 9.22.